The Bertz CT molecular complexity index is 1090. The van der Waals surface area contributed by atoms with Crippen LogP contribution in [0.3, 0.4) is 0 Å². The van der Waals surface area contributed by atoms with Crippen LogP contribution in [0.1, 0.15) is 92.3 Å². The number of carbonyl (C=O) groups is 1. The van der Waals surface area contributed by atoms with E-state index in [4.69, 9.17) is 9.47 Å². The summed E-state index contributed by atoms with van der Waals surface area (Å²) in [5, 5.41) is 0. The molecule has 0 saturated heterocycles. The SMILES string of the molecule is CCCCCc1ccccc1CCc1ccccc1OC(=O)c1ccc(OCCC(Br)CCCCC)cc1. The summed E-state index contributed by atoms with van der Waals surface area (Å²) < 4.78 is 11.7. The molecule has 3 aromatic rings. The average Bonchev–Trinajstić information content (AvgIpc) is 2.94. The third kappa shape index (κ3) is 10.3. The Balaban J connectivity index is 1.52. The fraction of sp³-hybridized carbons (Fsp3) is 0.441. The van der Waals surface area contributed by atoms with Crippen LogP contribution in [0.4, 0.5) is 0 Å². The first-order valence-corrected chi connectivity index (χ1v) is 15.3. The van der Waals surface area contributed by atoms with Gasteiger partial charge in [0.15, 0.2) is 0 Å². The van der Waals surface area contributed by atoms with Crippen LogP contribution < -0.4 is 9.47 Å². The van der Waals surface area contributed by atoms with Crippen molar-refractivity contribution >= 4 is 21.9 Å². The number of benzene rings is 3. The van der Waals surface area contributed by atoms with E-state index in [1.165, 1.54) is 56.1 Å². The Morgan fingerprint density at radius 1 is 0.711 bits per heavy atom. The highest BCUT2D eigenvalue weighted by Crippen LogP contribution is 2.24. The second-order valence-electron chi connectivity index (χ2n) is 9.98. The van der Waals surface area contributed by atoms with Crippen molar-refractivity contribution in [3.8, 4) is 11.5 Å². The molecule has 0 bridgehead atoms. The van der Waals surface area contributed by atoms with Gasteiger partial charge < -0.3 is 9.47 Å². The Hall–Kier alpha value is -2.59. The number of aryl methyl sites for hydroxylation is 3. The van der Waals surface area contributed by atoms with E-state index >= 15 is 0 Å². The number of halogens is 1. The van der Waals surface area contributed by atoms with Gasteiger partial charge in [0.05, 0.1) is 12.2 Å². The number of alkyl halides is 1. The molecule has 0 radical (unpaired) electrons. The van der Waals surface area contributed by atoms with Crippen molar-refractivity contribution in [2.45, 2.75) is 89.3 Å². The Morgan fingerprint density at radius 3 is 2.03 bits per heavy atom. The van der Waals surface area contributed by atoms with Crippen LogP contribution in [0.5, 0.6) is 11.5 Å². The van der Waals surface area contributed by atoms with Crippen LogP contribution >= 0.6 is 15.9 Å². The minimum absolute atomic E-state index is 0.347. The number of esters is 1. The van der Waals surface area contributed by atoms with Crippen LogP contribution in [0.15, 0.2) is 72.8 Å². The zero-order valence-corrected chi connectivity index (χ0v) is 24.7. The van der Waals surface area contributed by atoms with Crippen molar-refractivity contribution in [2.24, 2.45) is 0 Å². The summed E-state index contributed by atoms with van der Waals surface area (Å²) >= 11 is 3.75. The van der Waals surface area contributed by atoms with Crippen molar-refractivity contribution < 1.29 is 14.3 Å². The number of ether oxygens (including phenoxy) is 2. The second-order valence-corrected chi connectivity index (χ2v) is 11.3. The van der Waals surface area contributed by atoms with Gasteiger partial charge in [-0.05, 0) is 85.5 Å². The first-order chi connectivity index (χ1) is 18.6. The summed E-state index contributed by atoms with van der Waals surface area (Å²) in [4.78, 5) is 13.4. The quantitative estimate of drug-likeness (QED) is 0.0692. The van der Waals surface area contributed by atoms with Gasteiger partial charge in [0, 0.05) is 4.83 Å². The van der Waals surface area contributed by atoms with Gasteiger partial charge in [0.2, 0.25) is 0 Å². The van der Waals surface area contributed by atoms with E-state index < -0.39 is 0 Å². The van der Waals surface area contributed by atoms with Crippen LogP contribution in [0.2, 0.25) is 0 Å². The summed E-state index contributed by atoms with van der Waals surface area (Å²) in [6.45, 7) is 5.12. The highest BCUT2D eigenvalue weighted by molar-refractivity contribution is 9.09. The molecule has 0 aliphatic heterocycles. The van der Waals surface area contributed by atoms with Crippen molar-refractivity contribution in [1.29, 1.82) is 0 Å². The maximum Gasteiger partial charge on any atom is 0.343 e. The maximum atomic E-state index is 12.9. The number of para-hydroxylation sites is 1. The van der Waals surface area contributed by atoms with Crippen molar-refractivity contribution in [2.75, 3.05) is 6.61 Å². The molecule has 38 heavy (non-hydrogen) atoms. The molecule has 0 amide bonds. The Kier molecular flexibility index (Phi) is 13.5. The number of hydrogen-bond donors (Lipinski definition) is 0. The number of rotatable bonds is 17. The number of unbranched alkanes of at least 4 members (excludes halogenated alkanes) is 4. The van der Waals surface area contributed by atoms with E-state index in [-0.39, 0.29) is 5.97 Å². The third-order valence-electron chi connectivity index (χ3n) is 6.92. The third-order valence-corrected chi connectivity index (χ3v) is 7.83. The van der Waals surface area contributed by atoms with Gasteiger partial charge in [-0.2, -0.15) is 0 Å². The molecule has 1 atom stereocenters. The molecule has 0 saturated carbocycles. The van der Waals surface area contributed by atoms with E-state index in [0.29, 0.717) is 22.7 Å². The van der Waals surface area contributed by atoms with E-state index in [1.807, 2.05) is 30.3 Å². The molecule has 204 valence electrons. The molecule has 0 fully saturated rings. The first kappa shape index (κ1) is 30.0. The Labute approximate surface area is 238 Å². The molecular formula is C34H43BrO3. The van der Waals surface area contributed by atoms with Crippen LogP contribution in [-0.2, 0) is 19.3 Å². The van der Waals surface area contributed by atoms with Crippen molar-refractivity contribution in [1.82, 2.24) is 0 Å². The highest BCUT2D eigenvalue weighted by Gasteiger charge is 2.13. The zero-order chi connectivity index (χ0) is 27.0. The fourth-order valence-corrected chi connectivity index (χ4v) is 5.11. The van der Waals surface area contributed by atoms with Gasteiger partial charge in [0.25, 0.3) is 0 Å². The topological polar surface area (TPSA) is 35.5 Å². The average molecular weight is 580 g/mol. The predicted octanol–water partition coefficient (Wildman–Crippen LogP) is 9.54. The van der Waals surface area contributed by atoms with Gasteiger partial charge >= 0.3 is 5.97 Å². The van der Waals surface area contributed by atoms with Gasteiger partial charge in [0.1, 0.15) is 11.5 Å². The van der Waals surface area contributed by atoms with Crippen LogP contribution in [0.25, 0.3) is 0 Å². The van der Waals surface area contributed by atoms with Gasteiger partial charge in [-0.3, -0.25) is 0 Å². The lowest BCUT2D eigenvalue weighted by Crippen LogP contribution is -2.10. The highest BCUT2D eigenvalue weighted by atomic mass is 79.9. The smallest absolute Gasteiger partial charge is 0.343 e. The zero-order valence-electron chi connectivity index (χ0n) is 23.1. The summed E-state index contributed by atoms with van der Waals surface area (Å²) in [5.41, 5.74) is 4.38. The molecule has 1 unspecified atom stereocenters. The van der Waals surface area contributed by atoms with E-state index in [2.05, 4.69) is 60.1 Å². The largest absolute Gasteiger partial charge is 0.494 e. The lowest BCUT2D eigenvalue weighted by molar-refractivity contribution is 0.0733. The van der Waals surface area contributed by atoms with Gasteiger partial charge in [-0.25, -0.2) is 4.79 Å². The predicted molar refractivity (Wildman–Crippen MR) is 162 cm³/mol. The molecule has 0 aromatic heterocycles. The summed E-state index contributed by atoms with van der Waals surface area (Å²) in [5.74, 6) is 1.06. The lowest BCUT2D eigenvalue weighted by atomic mass is 9.96. The minimum atomic E-state index is -0.347. The summed E-state index contributed by atoms with van der Waals surface area (Å²) in [7, 11) is 0. The van der Waals surface area contributed by atoms with Gasteiger partial charge in [-0.15, -0.1) is 0 Å². The summed E-state index contributed by atoms with van der Waals surface area (Å²) in [6, 6.07) is 23.8. The van der Waals surface area contributed by atoms with Crippen molar-refractivity contribution in [3.63, 3.8) is 0 Å². The standard InChI is InChI=1S/C34H43BrO3/c1-3-5-7-13-27-14-9-10-15-28(27)19-20-29-16-11-12-18-33(29)38-34(36)30-21-23-32(24-22-30)37-26-25-31(35)17-8-6-4-2/h9-12,14-16,18,21-24,31H,3-8,13,17,19-20,25-26H2,1-2H3. The number of carbonyl (C=O) groups excluding carboxylic acids is 1. The van der Waals surface area contributed by atoms with Crippen molar-refractivity contribution in [3.05, 3.63) is 95.1 Å². The number of hydrogen-bond acceptors (Lipinski definition) is 3. The van der Waals surface area contributed by atoms with E-state index in [0.717, 1.165) is 37.0 Å². The monoisotopic (exact) mass is 578 g/mol. The minimum Gasteiger partial charge on any atom is -0.494 e. The second kappa shape index (κ2) is 17.1. The molecule has 3 nitrogen and oxygen atoms in total. The van der Waals surface area contributed by atoms with Gasteiger partial charge in [-0.1, -0.05) is 104 Å². The molecule has 0 aliphatic carbocycles. The maximum absolute atomic E-state index is 12.9. The Morgan fingerprint density at radius 2 is 1.32 bits per heavy atom. The molecular weight excluding hydrogens is 536 g/mol. The van der Waals surface area contributed by atoms with E-state index in [1.54, 1.807) is 12.1 Å². The molecule has 0 heterocycles. The first-order valence-electron chi connectivity index (χ1n) is 14.3. The van der Waals surface area contributed by atoms with E-state index in [9.17, 15) is 4.79 Å². The van der Waals surface area contributed by atoms with Crippen LogP contribution in [0, 0.1) is 0 Å². The molecule has 0 spiro atoms. The molecule has 3 aromatic carbocycles. The molecule has 0 N–H and O–H groups in total. The molecule has 0 aliphatic rings. The normalized spacial score (nSPS) is 11.8. The molecule has 4 heteroatoms. The van der Waals surface area contributed by atoms with Crippen LogP contribution in [-0.4, -0.2) is 17.4 Å². The lowest BCUT2D eigenvalue weighted by Gasteiger charge is -2.13. The molecule has 3 rings (SSSR count). The fourth-order valence-electron chi connectivity index (χ4n) is 4.60. The summed E-state index contributed by atoms with van der Waals surface area (Å²) in [6.07, 6.45) is 12.5.